The van der Waals surface area contributed by atoms with Gasteiger partial charge in [0.05, 0.1) is 12.4 Å². The maximum atomic E-state index is 9.59. The van der Waals surface area contributed by atoms with Crippen LogP contribution in [-0.2, 0) is 6.42 Å². The standard InChI is InChI=1S/C8H11NO2/c9-4-5-3-7-6(8(5)10)1-2-11-7/h1-2,5,8,10H,3-4,9H2. The first-order valence-electron chi connectivity index (χ1n) is 3.77. The van der Waals surface area contributed by atoms with E-state index < -0.39 is 6.10 Å². The summed E-state index contributed by atoms with van der Waals surface area (Å²) < 4.78 is 5.16. The van der Waals surface area contributed by atoms with Crippen LogP contribution in [0.1, 0.15) is 17.4 Å². The molecule has 2 unspecified atom stereocenters. The van der Waals surface area contributed by atoms with Crippen LogP contribution in [0.5, 0.6) is 0 Å². The highest BCUT2D eigenvalue weighted by Crippen LogP contribution is 2.35. The van der Waals surface area contributed by atoms with Crippen molar-refractivity contribution >= 4 is 0 Å². The van der Waals surface area contributed by atoms with Gasteiger partial charge in [0.2, 0.25) is 0 Å². The highest BCUT2D eigenvalue weighted by molar-refractivity contribution is 5.26. The van der Waals surface area contributed by atoms with Gasteiger partial charge in [0.15, 0.2) is 0 Å². The van der Waals surface area contributed by atoms with Gasteiger partial charge in [-0.3, -0.25) is 0 Å². The second kappa shape index (κ2) is 2.36. The van der Waals surface area contributed by atoms with Crippen LogP contribution < -0.4 is 5.73 Å². The number of fused-ring (bicyclic) bond motifs is 1. The van der Waals surface area contributed by atoms with Crippen LogP contribution in [0.15, 0.2) is 16.7 Å². The number of rotatable bonds is 1. The van der Waals surface area contributed by atoms with Crippen molar-refractivity contribution in [3.8, 4) is 0 Å². The second-order valence-corrected chi connectivity index (χ2v) is 2.94. The lowest BCUT2D eigenvalue weighted by atomic mass is 10.0. The minimum atomic E-state index is -0.409. The smallest absolute Gasteiger partial charge is 0.109 e. The first-order valence-corrected chi connectivity index (χ1v) is 3.77. The van der Waals surface area contributed by atoms with E-state index in [1.165, 1.54) is 0 Å². The van der Waals surface area contributed by atoms with Crippen LogP contribution in [0.2, 0.25) is 0 Å². The minimum Gasteiger partial charge on any atom is -0.469 e. The molecule has 11 heavy (non-hydrogen) atoms. The van der Waals surface area contributed by atoms with Crippen LogP contribution in [-0.4, -0.2) is 11.7 Å². The Morgan fingerprint density at radius 1 is 1.73 bits per heavy atom. The van der Waals surface area contributed by atoms with Gasteiger partial charge in [-0.1, -0.05) is 0 Å². The monoisotopic (exact) mass is 153 g/mol. The van der Waals surface area contributed by atoms with Gasteiger partial charge in [-0.25, -0.2) is 0 Å². The third-order valence-corrected chi connectivity index (χ3v) is 2.30. The Morgan fingerprint density at radius 3 is 3.18 bits per heavy atom. The summed E-state index contributed by atoms with van der Waals surface area (Å²) in [5.41, 5.74) is 6.38. The Morgan fingerprint density at radius 2 is 2.55 bits per heavy atom. The zero-order chi connectivity index (χ0) is 7.84. The molecule has 2 rings (SSSR count). The lowest BCUT2D eigenvalue weighted by Crippen LogP contribution is -2.18. The van der Waals surface area contributed by atoms with E-state index in [1.807, 2.05) is 6.07 Å². The first kappa shape index (κ1) is 6.88. The van der Waals surface area contributed by atoms with Crippen molar-refractivity contribution in [1.82, 2.24) is 0 Å². The molecule has 1 aromatic rings. The van der Waals surface area contributed by atoms with Crippen LogP contribution >= 0.6 is 0 Å². The molecule has 0 amide bonds. The highest BCUT2D eigenvalue weighted by atomic mass is 16.3. The maximum Gasteiger partial charge on any atom is 0.109 e. The molecule has 1 aromatic heterocycles. The fourth-order valence-corrected chi connectivity index (χ4v) is 1.60. The van der Waals surface area contributed by atoms with E-state index in [1.54, 1.807) is 6.26 Å². The van der Waals surface area contributed by atoms with Crippen LogP contribution in [0.3, 0.4) is 0 Å². The third kappa shape index (κ3) is 0.886. The molecule has 3 nitrogen and oxygen atoms in total. The van der Waals surface area contributed by atoms with Crippen molar-refractivity contribution < 1.29 is 9.52 Å². The van der Waals surface area contributed by atoms with E-state index >= 15 is 0 Å². The zero-order valence-corrected chi connectivity index (χ0v) is 6.16. The average molecular weight is 153 g/mol. The van der Waals surface area contributed by atoms with Gasteiger partial charge < -0.3 is 15.3 Å². The molecule has 0 saturated heterocycles. The van der Waals surface area contributed by atoms with Crippen molar-refractivity contribution in [1.29, 1.82) is 0 Å². The Hall–Kier alpha value is -0.800. The molecule has 0 spiro atoms. The quantitative estimate of drug-likeness (QED) is 0.615. The molecule has 3 heteroatoms. The van der Waals surface area contributed by atoms with Gasteiger partial charge in [0, 0.05) is 17.9 Å². The third-order valence-electron chi connectivity index (χ3n) is 2.30. The average Bonchev–Trinajstić information content (AvgIpc) is 2.53. The Labute approximate surface area is 64.8 Å². The van der Waals surface area contributed by atoms with E-state index in [4.69, 9.17) is 10.2 Å². The molecule has 3 N–H and O–H groups in total. The molecule has 2 atom stereocenters. The molecule has 1 aliphatic rings. The second-order valence-electron chi connectivity index (χ2n) is 2.94. The molecular formula is C8H11NO2. The topological polar surface area (TPSA) is 59.4 Å². The molecule has 0 bridgehead atoms. The van der Waals surface area contributed by atoms with Crippen LogP contribution in [0, 0.1) is 5.92 Å². The zero-order valence-electron chi connectivity index (χ0n) is 6.16. The molecule has 60 valence electrons. The number of hydrogen-bond donors (Lipinski definition) is 2. The summed E-state index contributed by atoms with van der Waals surface area (Å²) in [4.78, 5) is 0. The highest BCUT2D eigenvalue weighted by Gasteiger charge is 2.31. The summed E-state index contributed by atoms with van der Waals surface area (Å²) in [6, 6.07) is 1.82. The predicted octanol–water partition coefficient (Wildman–Crippen LogP) is 0.444. The molecule has 0 fully saturated rings. The van der Waals surface area contributed by atoms with E-state index in [0.29, 0.717) is 6.54 Å². The minimum absolute atomic E-state index is 0.157. The van der Waals surface area contributed by atoms with Crippen molar-refractivity contribution in [3.63, 3.8) is 0 Å². The summed E-state index contributed by atoms with van der Waals surface area (Å²) in [6.45, 7) is 0.519. The molecule has 0 aliphatic heterocycles. The molecular weight excluding hydrogens is 142 g/mol. The molecule has 1 heterocycles. The van der Waals surface area contributed by atoms with E-state index in [0.717, 1.165) is 17.7 Å². The van der Waals surface area contributed by atoms with Crippen molar-refractivity contribution in [3.05, 3.63) is 23.7 Å². The van der Waals surface area contributed by atoms with Crippen molar-refractivity contribution in [2.45, 2.75) is 12.5 Å². The Kier molecular flexibility index (Phi) is 1.47. The van der Waals surface area contributed by atoms with Gasteiger partial charge in [0.1, 0.15) is 5.76 Å². The Balaban J connectivity index is 2.30. The van der Waals surface area contributed by atoms with Crippen molar-refractivity contribution in [2.75, 3.05) is 6.54 Å². The fourth-order valence-electron chi connectivity index (χ4n) is 1.60. The van der Waals surface area contributed by atoms with Crippen LogP contribution in [0.4, 0.5) is 0 Å². The first-order chi connectivity index (χ1) is 5.33. The van der Waals surface area contributed by atoms with Gasteiger partial charge in [0.25, 0.3) is 0 Å². The van der Waals surface area contributed by atoms with Crippen LogP contribution in [0.25, 0.3) is 0 Å². The number of nitrogens with two attached hydrogens (primary N) is 1. The lowest BCUT2D eigenvalue weighted by molar-refractivity contribution is 0.127. The summed E-state index contributed by atoms with van der Waals surface area (Å²) in [7, 11) is 0. The number of hydrogen-bond acceptors (Lipinski definition) is 3. The maximum absolute atomic E-state index is 9.59. The molecule has 0 radical (unpaired) electrons. The number of furan rings is 1. The van der Waals surface area contributed by atoms with E-state index in [-0.39, 0.29) is 5.92 Å². The van der Waals surface area contributed by atoms with Crippen molar-refractivity contribution in [2.24, 2.45) is 11.7 Å². The SMILES string of the molecule is NCC1Cc2occc2C1O. The molecule has 1 aliphatic carbocycles. The predicted molar refractivity (Wildman–Crippen MR) is 39.9 cm³/mol. The normalized spacial score (nSPS) is 28.9. The summed E-state index contributed by atoms with van der Waals surface area (Å²) >= 11 is 0. The summed E-state index contributed by atoms with van der Waals surface area (Å²) in [6.07, 6.45) is 1.98. The van der Waals surface area contributed by atoms with E-state index in [9.17, 15) is 5.11 Å². The van der Waals surface area contributed by atoms with Gasteiger partial charge in [-0.15, -0.1) is 0 Å². The van der Waals surface area contributed by atoms with E-state index in [2.05, 4.69) is 0 Å². The Bertz CT molecular complexity index is 256. The molecule has 0 aromatic carbocycles. The largest absolute Gasteiger partial charge is 0.469 e. The summed E-state index contributed by atoms with van der Waals surface area (Å²) in [5, 5.41) is 9.59. The number of aliphatic hydroxyl groups is 1. The van der Waals surface area contributed by atoms with Gasteiger partial charge in [-0.2, -0.15) is 0 Å². The van der Waals surface area contributed by atoms with Gasteiger partial charge in [-0.05, 0) is 12.6 Å². The lowest BCUT2D eigenvalue weighted by Gasteiger charge is -2.10. The summed E-state index contributed by atoms with van der Waals surface area (Å²) in [5.74, 6) is 1.05. The number of aliphatic hydroxyl groups excluding tert-OH is 1. The van der Waals surface area contributed by atoms with Gasteiger partial charge >= 0.3 is 0 Å². The molecule has 0 saturated carbocycles. The fraction of sp³-hybridized carbons (Fsp3) is 0.500.